The van der Waals surface area contributed by atoms with E-state index >= 15 is 0 Å². The number of carbonyl (C=O) groups excluding carboxylic acids is 3. The maximum atomic E-state index is 12.7. The predicted molar refractivity (Wildman–Crippen MR) is 132 cm³/mol. The first-order valence-corrected chi connectivity index (χ1v) is 11.8. The third-order valence-electron chi connectivity index (χ3n) is 4.01. The summed E-state index contributed by atoms with van der Waals surface area (Å²) in [6.07, 6.45) is 1.68. The van der Waals surface area contributed by atoms with Crippen molar-refractivity contribution in [2.45, 2.75) is 6.54 Å². The summed E-state index contributed by atoms with van der Waals surface area (Å²) in [6, 6.07) is 10.7. The molecule has 1 fully saturated rings. The summed E-state index contributed by atoms with van der Waals surface area (Å²) in [5.74, 6) is -0.245. The fourth-order valence-electron chi connectivity index (χ4n) is 2.55. The summed E-state index contributed by atoms with van der Waals surface area (Å²) in [5.41, 5.74) is 1.57. The minimum Gasteiger partial charge on any atom is -0.480 e. The summed E-state index contributed by atoms with van der Waals surface area (Å²) < 4.78 is 11.7. The van der Waals surface area contributed by atoms with Gasteiger partial charge in [0.25, 0.3) is 11.1 Å². The molecule has 1 aliphatic heterocycles. The topological polar surface area (TPSA) is 72.9 Å². The average molecular weight is 670 g/mol. The van der Waals surface area contributed by atoms with E-state index in [0.717, 1.165) is 30.0 Å². The molecule has 0 radical (unpaired) electrons. The molecule has 0 unspecified atom stereocenters. The fraction of sp³-hybridized carbons (Fsp3) is 0.150. The number of hydrogen-bond donors (Lipinski definition) is 0. The Morgan fingerprint density at radius 1 is 1.17 bits per heavy atom. The Kier molecular flexibility index (Phi) is 8.04. The Bertz CT molecular complexity index is 1020. The second-order valence-electron chi connectivity index (χ2n) is 6.07. The largest absolute Gasteiger partial charge is 0.480 e. The molecule has 2 amide bonds. The normalized spacial score (nSPS) is 15.1. The lowest BCUT2D eigenvalue weighted by atomic mass is 10.2. The SMILES string of the molecule is COC(=O)COc1c(I)cc(/C=C2/SC(=O)N(Cc3ccc(Cl)cc3)C2=O)cc1I. The Balaban J connectivity index is 1.78. The van der Waals surface area contributed by atoms with Crippen molar-refractivity contribution in [1.29, 1.82) is 0 Å². The fourth-order valence-corrected chi connectivity index (χ4v) is 5.64. The van der Waals surface area contributed by atoms with Crippen molar-refractivity contribution in [3.05, 3.63) is 64.6 Å². The third kappa shape index (κ3) is 5.68. The molecule has 0 bridgehead atoms. The lowest BCUT2D eigenvalue weighted by Crippen LogP contribution is -2.27. The van der Waals surface area contributed by atoms with Gasteiger partial charge in [-0.2, -0.15) is 0 Å². The smallest absolute Gasteiger partial charge is 0.343 e. The van der Waals surface area contributed by atoms with Gasteiger partial charge in [-0.3, -0.25) is 14.5 Å². The van der Waals surface area contributed by atoms with E-state index in [4.69, 9.17) is 16.3 Å². The van der Waals surface area contributed by atoms with Crippen molar-refractivity contribution in [2.75, 3.05) is 13.7 Å². The van der Waals surface area contributed by atoms with Gasteiger partial charge in [-0.05, 0) is 98.4 Å². The van der Waals surface area contributed by atoms with Crippen molar-refractivity contribution in [1.82, 2.24) is 4.90 Å². The van der Waals surface area contributed by atoms with Gasteiger partial charge in [-0.15, -0.1) is 0 Å². The van der Waals surface area contributed by atoms with E-state index in [2.05, 4.69) is 49.9 Å². The number of benzene rings is 2. The molecule has 6 nitrogen and oxygen atoms in total. The lowest BCUT2D eigenvalue weighted by Gasteiger charge is -2.12. The van der Waals surface area contributed by atoms with Crippen LogP contribution in [0.3, 0.4) is 0 Å². The lowest BCUT2D eigenvalue weighted by molar-refractivity contribution is -0.143. The minimum atomic E-state index is -0.472. The van der Waals surface area contributed by atoms with Gasteiger partial charge in [0.1, 0.15) is 5.75 Å². The highest BCUT2D eigenvalue weighted by Crippen LogP contribution is 2.35. The average Bonchev–Trinajstić information content (AvgIpc) is 2.96. The van der Waals surface area contributed by atoms with Crippen LogP contribution >= 0.6 is 68.5 Å². The summed E-state index contributed by atoms with van der Waals surface area (Å²) in [4.78, 5) is 38.0. The molecule has 1 aliphatic rings. The number of esters is 1. The third-order valence-corrected chi connectivity index (χ3v) is 6.77. The van der Waals surface area contributed by atoms with Crippen LogP contribution in [0.15, 0.2) is 41.3 Å². The van der Waals surface area contributed by atoms with Gasteiger partial charge in [-0.1, -0.05) is 23.7 Å². The van der Waals surface area contributed by atoms with E-state index in [0.29, 0.717) is 15.7 Å². The molecule has 156 valence electrons. The van der Waals surface area contributed by atoms with Crippen molar-refractivity contribution in [2.24, 2.45) is 0 Å². The van der Waals surface area contributed by atoms with Crippen LogP contribution in [-0.4, -0.2) is 35.7 Å². The molecule has 0 aliphatic carbocycles. The maximum absolute atomic E-state index is 12.7. The van der Waals surface area contributed by atoms with Crippen molar-refractivity contribution >= 4 is 91.7 Å². The number of carbonyl (C=O) groups is 3. The molecule has 10 heteroatoms. The van der Waals surface area contributed by atoms with E-state index in [1.807, 2.05) is 12.1 Å². The zero-order valence-electron chi connectivity index (χ0n) is 15.5. The molecular formula is C20H14ClI2NO5S. The van der Waals surface area contributed by atoms with E-state index in [1.54, 1.807) is 30.3 Å². The van der Waals surface area contributed by atoms with Crippen LogP contribution in [0, 0.1) is 7.14 Å². The van der Waals surface area contributed by atoms with Gasteiger partial charge >= 0.3 is 5.97 Å². The maximum Gasteiger partial charge on any atom is 0.343 e. The van der Waals surface area contributed by atoms with Crippen molar-refractivity contribution in [3.8, 4) is 5.75 Å². The Labute approximate surface area is 209 Å². The molecule has 0 spiro atoms. The van der Waals surface area contributed by atoms with Crippen molar-refractivity contribution < 1.29 is 23.9 Å². The number of nitrogens with zero attached hydrogens (tertiary/aromatic N) is 1. The molecule has 0 N–H and O–H groups in total. The Morgan fingerprint density at radius 3 is 2.40 bits per heavy atom. The molecule has 3 rings (SSSR count). The van der Waals surface area contributed by atoms with Gasteiger partial charge in [0.15, 0.2) is 6.61 Å². The second-order valence-corrected chi connectivity index (χ2v) is 9.83. The van der Waals surface area contributed by atoms with Gasteiger partial charge in [0.05, 0.1) is 25.7 Å². The summed E-state index contributed by atoms with van der Waals surface area (Å²) in [6.45, 7) is -0.0000126. The molecular weight excluding hydrogens is 656 g/mol. The van der Waals surface area contributed by atoms with Crippen LogP contribution in [-0.2, 0) is 20.9 Å². The predicted octanol–water partition coefficient (Wildman–Crippen LogP) is 5.34. The van der Waals surface area contributed by atoms with Gasteiger partial charge in [-0.25, -0.2) is 4.79 Å². The van der Waals surface area contributed by atoms with E-state index in [-0.39, 0.29) is 24.3 Å². The van der Waals surface area contributed by atoms with E-state index in [9.17, 15) is 14.4 Å². The van der Waals surface area contributed by atoms with Gasteiger partial charge in [0, 0.05) is 5.02 Å². The second kappa shape index (κ2) is 10.3. The van der Waals surface area contributed by atoms with Crippen LogP contribution in [0.25, 0.3) is 6.08 Å². The van der Waals surface area contributed by atoms with Crippen LogP contribution in [0.2, 0.25) is 5.02 Å². The van der Waals surface area contributed by atoms with Gasteiger partial charge in [0.2, 0.25) is 0 Å². The highest BCUT2D eigenvalue weighted by Gasteiger charge is 2.35. The Hall–Kier alpha value is -1.31. The first-order chi connectivity index (χ1) is 14.3. The van der Waals surface area contributed by atoms with Crippen LogP contribution in [0.5, 0.6) is 5.75 Å². The van der Waals surface area contributed by atoms with Crippen LogP contribution < -0.4 is 4.74 Å². The Morgan fingerprint density at radius 2 is 1.80 bits per heavy atom. The highest BCUT2D eigenvalue weighted by molar-refractivity contribution is 14.1. The molecule has 1 saturated heterocycles. The number of halogens is 3. The zero-order valence-corrected chi connectivity index (χ0v) is 21.4. The standard InChI is InChI=1S/C20H14ClI2NO5S/c1-28-17(25)10-29-18-14(22)6-12(7-15(18)23)8-16-19(26)24(20(27)30-16)9-11-2-4-13(21)5-3-11/h2-8H,9-10H2,1H3/b16-8+. The number of thioether (sulfide) groups is 1. The van der Waals surface area contributed by atoms with Crippen molar-refractivity contribution in [3.63, 3.8) is 0 Å². The first kappa shape index (κ1) is 23.4. The molecule has 0 saturated carbocycles. The molecule has 2 aromatic carbocycles. The van der Waals surface area contributed by atoms with E-state index < -0.39 is 5.97 Å². The first-order valence-electron chi connectivity index (χ1n) is 8.47. The molecule has 2 aromatic rings. The molecule has 30 heavy (non-hydrogen) atoms. The number of hydrogen-bond acceptors (Lipinski definition) is 6. The van der Waals surface area contributed by atoms with Crippen LogP contribution in [0.4, 0.5) is 4.79 Å². The summed E-state index contributed by atoms with van der Waals surface area (Å²) in [7, 11) is 1.30. The molecule has 0 aromatic heterocycles. The molecule has 0 atom stereocenters. The molecule has 1 heterocycles. The number of imide groups is 1. The van der Waals surface area contributed by atoms with Gasteiger partial charge < -0.3 is 9.47 Å². The summed E-state index contributed by atoms with van der Waals surface area (Å²) >= 11 is 11.0. The zero-order chi connectivity index (χ0) is 21.8. The number of ether oxygens (including phenoxy) is 2. The summed E-state index contributed by atoms with van der Waals surface area (Å²) in [5, 5.41) is 0.277. The van der Waals surface area contributed by atoms with E-state index in [1.165, 1.54) is 12.0 Å². The van der Waals surface area contributed by atoms with Crippen LogP contribution in [0.1, 0.15) is 11.1 Å². The quantitative estimate of drug-likeness (QED) is 0.235. The minimum absolute atomic E-state index is 0.189. The number of methoxy groups -OCH3 is 1. The highest BCUT2D eigenvalue weighted by atomic mass is 127. The number of amides is 2. The monoisotopic (exact) mass is 669 g/mol. The number of rotatable bonds is 6.